The first-order chi connectivity index (χ1) is 8.61. The summed E-state index contributed by atoms with van der Waals surface area (Å²) in [7, 11) is 0. The lowest BCUT2D eigenvalue weighted by molar-refractivity contribution is -0.142. The summed E-state index contributed by atoms with van der Waals surface area (Å²) in [6.07, 6.45) is 6.84. The van der Waals surface area contributed by atoms with Crippen molar-refractivity contribution in [2.75, 3.05) is 13.2 Å². The molecule has 0 bridgehead atoms. The topological polar surface area (TPSA) is 75.6 Å². The van der Waals surface area contributed by atoms with E-state index in [2.05, 4.69) is 12.2 Å². The van der Waals surface area contributed by atoms with Gasteiger partial charge in [0.15, 0.2) is 0 Å². The van der Waals surface area contributed by atoms with Crippen LogP contribution in [0.15, 0.2) is 12.2 Å². The van der Waals surface area contributed by atoms with Crippen molar-refractivity contribution >= 4 is 11.9 Å². The van der Waals surface area contributed by atoms with Crippen LogP contribution in [0.5, 0.6) is 0 Å². The number of aliphatic carboxylic acids is 1. The molecule has 18 heavy (non-hydrogen) atoms. The summed E-state index contributed by atoms with van der Waals surface area (Å²) in [6, 6.07) is -0.882. The molecule has 0 saturated heterocycles. The lowest BCUT2D eigenvalue weighted by Crippen LogP contribution is -2.42. The van der Waals surface area contributed by atoms with Gasteiger partial charge < -0.3 is 15.2 Å². The Balaban J connectivity index is 3.84. The maximum atomic E-state index is 11.4. The van der Waals surface area contributed by atoms with Crippen LogP contribution < -0.4 is 5.32 Å². The van der Waals surface area contributed by atoms with Gasteiger partial charge in [-0.15, -0.1) is 0 Å². The summed E-state index contributed by atoms with van der Waals surface area (Å²) < 4.78 is 5.16. The summed E-state index contributed by atoms with van der Waals surface area (Å²) in [5, 5.41) is 11.3. The molecular formula is C13H23NO4. The highest BCUT2D eigenvalue weighted by Gasteiger charge is 2.17. The van der Waals surface area contributed by atoms with Crippen LogP contribution in [0.25, 0.3) is 0 Å². The molecule has 1 unspecified atom stereocenters. The number of allylic oxidation sites excluding steroid dienone is 1. The summed E-state index contributed by atoms with van der Waals surface area (Å²) >= 11 is 0. The summed E-state index contributed by atoms with van der Waals surface area (Å²) in [5.41, 5.74) is 0. The van der Waals surface area contributed by atoms with E-state index in [1.807, 2.05) is 0 Å². The van der Waals surface area contributed by atoms with Gasteiger partial charge in [0.25, 0.3) is 0 Å². The minimum Gasteiger partial charge on any atom is -0.480 e. The Hall–Kier alpha value is -1.36. The Labute approximate surface area is 108 Å². The highest BCUT2D eigenvalue weighted by molar-refractivity contribution is 5.84. The molecule has 0 heterocycles. The third-order valence-corrected chi connectivity index (χ3v) is 2.37. The largest absolute Gasteiger partial charge is 0.480 e. The van der Waals surface area contributed by atoms with Crippen molar-refractivity contribution in [3.05, 3.63) is 12.2 Å². The van der Waals surface area contributed by atoms with Crippen molar-refractivity contribution < 1.29 is 19.4 Å². The molecule has 0 aliphatic carbocycles. The lowest BCUT2D eigenvalue weighted by Gasteiger charge is -2.12. The summed E-state index contributed by atoms with van der Waals surface area (Å²) in [5.74, 6) is -1.42. The zero-order valence-electron chi connectivity index (χ0n) is 11.1. The maximum Gasteiger partial charge on any atom is 0.326 e. The fourth-order valence-electron chi connectivity index (χ4n) is 1.35. The van der Waals surface area contributed by atoms with Crippen LogP contribution in [-0.2, 0) is 14.3 Å². The van der Waals surface area contributed by atoms with Crippen molar-refractivity contribution in [3.8, 4) is 0 Å². The molecular weight excluding hydrogens is 234 g/mol. The number of unbranched alkanes of at least 4 members (excludes halogenated alkanes) is 2. The maximum absolute atomic E-state index is 11.4. The van der Waals surface area contributed by atoms with Gasteiger partial charge in [-0.25, -0.2) is 4.79 Å². The zero-order valence-corrected chi connectivity index (χ0v) is 11.1. The molecule has 104 valence electrons. The number of carbonyl (C=O) groups is 2. The van der Waals surface area contributed by atoms with Crippen LogP contribution in [0.2, 0.25) is 0 Å². The predicted molar refractivity (Wildman–Crippen MR) is 69.3 cm³/mol. The third-order valence-electron chi connectivity index (χ3n) is 2.37. The van der Waals surface area contributed by atoms with Crippen molar-refractivity contribution in [1.82, 2.24) is 5.32 Å². The number of rotatable bonds is 10. The number of ether oxygens (including phenoxy) is 1. The van der Waals surface area contributed by atoms with E-state index < -0.39 is 12.0 Å². The van der Waals surface area contributed by atoms with E-state index in [0.29, 0.717) is 6.61 Å². The van der Waals surface area contributed by atoms with E-state index in [1.165, 1.54) is 0 Å². The van der Waals surface area contributed by atoms with E-state index in [-0.39, 0.29) is 18.9 Å². The number of carbonyl (C=O) groups excluding carboxylic acids is 1. The van der Waals surface area contributed by atoms with E-state index in [4.69, 9.17) is 9.84 Å². The smallest absolute Gasteiger partial charge is 0.326 e. The van der Waals surface area contributed by atoms with Gasteiger partial charge >= 0.3 is 5.97 Å². The second-order valence-corrected chi connectivity index (χ2v) is 4.02. The highest BCUT2D eigenvalue weighted by atomic mass is 16.5. The Morgan fingerprint density at radius 1 is 1.39 bits per heavy atom. The first-order valence-corrected chi connectivity index (χ1v) is 6.32. The number of carboxylic acids is 1. The van der Waals surface area contributed by atoms with Crippen LogP contribution >= 0.6 is 0 Å². The molecule has 0 aromatic rings. The Morgan fingerprint density at radius 2 is 2.11 bits per heavy atom. The van der Waals surface area contributed by atoms with E-state index >= 15 is 0 Å². The lowest BCUT2D eigenvalue weighted by atomic mass is 10.2. The Kier molecular flexibility index (Phi) is 9.96. The summed E-state index contributed by atoms with van der Waals surface area (Å²) in [4.78, 5) is 22.3. The monoisotopic (exact) mass is 257 g/mol. The van der Waals surface area contributed by atoms with Crippen molar-refractivity contribution in [1.29, 1.82) is 0 Å². The Morgan fingerprint density at radius 3 is 2.67 bits per heavy atom. The molecule has 0 aliphatic heterocycles. The number of carboxylic acid groups (broad SMARTS) is 1. The molecule has 2 N–H and O–H groups in total. The van der Waals surface area contributed by atoms with Crippen LogP contribution in [-0.4, -0.2) is 36.2 Å². The average Bonchev–Trinajstić information content (AvgIpc) is 2.33. The van der Waals surface area contributed by atoms with E-state index in [9.17, 15) is 9.59 Å². The molecule has 0 spiro atoms. The molecule has 0 fully saturated rings. The predicted octanol–water partition coefficient (Wildman–Crippen LogP) is 1.73. The second kappa shape index (κ2) is 10.8. The first-order valence-electron chi connectivity index (χ1n) is 6.32. The number of hydrogen-bond acceptors (Lipinski definition) is 3. The fourth-order valence-corrected chi connectivity index (χ4v) is 1.35. The quantitative estimate of drug-likeness (QED) is 0.461. The molecule has 0 radical (unpaired) electrons. The number of amides is 1. The van der Waals surface area contributed by atoms with Gasteiger partial charge in [0, 0.05) is 6.61 Å². The minimum atomic E-state index is -1.03. The molecule has 1 atom stereocenters. The summed E-state index contributed by atoms with van der Waals surface area (Å²) in [6.45, 7) is 4.35. The molecule has 0 saturated carbocycles. The first kappa shape index (κ1) is 16.6. The average molecular weight is 257 g/mol. The SMILES string of the molecule is C/C=C/CC(NC(=O)COCCCCC)C(=O)O. The third kappa shape index (κ3) is 8.75. The van der Waals surface area contributed by atoms with Crippen molar-refractivity contribution in [2.45, 2.75) is 45.6 Å². The normalized spacial score (nSPS) is 12.6. The minimum absolute atomic E-state index is 0.0800. The van der Waals surface area contributed by atoms with Crippen LogP contribution in [0, 0.1) is 0 Å². The van der Waals surface area contributed by atoms with Gasteiger partial charge in [0.2, 0.25) is 5.91 Å². The number of hydrogen-bond donors (Lipinski definition) is 2. The molecule has 5 heteroatoms. The molecule has 0 rings (SSSR count). The highest BCUT2D eigenvalue weighted by Crippen LogP contribution is 1.96. The van der Waals surface area contributed by atoms with Gasteiger partial charge in [0.05, 0.1) is 0 Å². The van der Waals surface area contributed by atoms with Crippen LogP contribution in [0.1, 0.15) is 39.5 Å². The number of nitrogens with one attached hydrogen (secondary N) is 1. The van der Waals surface area contributed by atoms with Gasteiger partial charge in [-0.1, -0.05) is 31.9 Å². The van der Waals surface area contributed by atoms with Gasteiger partial charge in [0.1, 0.15) is 12.6 Å². The van der Waals surface area contributed by atoms with E-state index in [0.717, 1.165) is 19.3 Å². The fraction of sp³-hybridized carbons (Fsp3) is 0.692. The standard InChI is InChI=1S/C13H23NO4/c1-3-5-7-9-18-10-12(15)14-11(13(16)17)8-6-4-2/h4,6,11H,3,5,7-10H2,1-2H3,(H,14,15)(H,16,17)/b6-4+. The zero-order chi connectivity index (χ0) is 13.8. The second-order valence-electron chi connectivity index (χ2n) is 4.02. The van der Waals surface area contributed by atoms with Crippen molar-refractivity contribution in [3.63, 3.8) is 0 Å². The molecule has 0 aliphatic rings. The molecule has 5 nitrogen and oxygen atoms in total. The van der Waals surface area contributed by atoms with Gasteiger partial charge in [-0.2, -0.15) is 0 Å². The van der Waals surface area contributed by atoms with Gasteiger partial charge in [-0.3, -0.25) is 4.79 Å². The Bertz CT molecular complexity index is 276. The van der Waals surface area contributed by atoms with Crippen LogP contribution in [0.4, 0.5) is 0 Å². The van der Waals surface area contributed by atoms with Crippen LogP contribution in [0.3, 0.4) is 0 Å². The van der Waals surface area contributed by atoms with E-state index in [1.54, 1.807) is 19.1 Å². The van der Waals surface area contributed by atoms with Crippen molar-refractivity contribution in [2.24, 2.45) is 0 Å². The molecule has 0 aromatic carbocycles. The van der Waals surface area contributed by atoms with Gasteiger partial charge in [-0.05, 0) is 19.8 Å². The molecule has 0 aromatic heterocycles. The molecule has 1 amide bonds.